The maximum Gasteiger partial charge on any atom is 0.326 e. The zero-order valence-corrected chi connectivity index (χ0v) is 12.5. The third-order valence-corrected chi connectivity index (χ3v) is 3.74. The van der Waals surface area contributed by atoms with Crippen molar-refractivity contribution >= 4 is 23.5 Å². The summed E-state index contributed by atoms with van der Waals surface area (Å²) in [5.41, 5.74) is 0. The lowest BCUT2D eigenvalue weighted by Crippen LogP contribution is -2.43. The van der Waals surface area contributed by atoms with E-state index in [1.807, 2.05) is 0 Å². The van der Waals surface area contributed by atoms with Gasteiger partial charge in [-0.2, -0.15) is 0 Å². The van der Waals surface area contributed by atoms with Crippen molar-refractivity contribution in [2.24, 2.45) is 0 Å². The summed E-state index contributed by atoms with van der Waals surface area (Å²) in [5.74, 6) is -1.92. The van der Waals surface area contributed by atoms with Gasteiger partial charge >= 0.3 is 5.97 Å². The van der Waals surface area contributed by atoms with Crippen molar-refractivity contribution in [2.45, 2.75) is 18.6 Å². The Kier molecular flexibility index (Phi) is 5.20. The Hall–Kier alpha value is -1.86. The number of carboxylic acid groups (broad SMARTS) is 1. The van der Waals surface area contributed by atoms with Crippen LogP contribution in [-0.2, 0) is 14.3 Å². The lowest BCUT2D eigenvalue weighted by atomic mass is 10.2. The molecule has 1 saturated heterocycles. The number of nitrogens with zero attached hydrogens (tertiary/aromatic N) is 1. The largest absolute Gasteiger partial charge is 0.484 e. The van der Waals surface area contributed by atoms with Crippen LogP contribution in [0.4, 0.5) is 4.39 Å². The highest BCUT2D eigenvalue weighted by Crippen LogP contribution is 2.23. The Labute approximate surface area is 131 Å². The van der Waals surface area contributed by atoms with E-state index in [0.29, 0.717) is 0 Å². The van der Waals surface area contributed by atoms with Gasteiger partial charge in [0.25, 0.3) is 5.91 Å². The number of benzene rings is 1. The van der Waals surface area contributed by atoms with Crippen LogP contribution < -0.4 is 4.74 Å². The molecule has 6 nitrogen and oxygen atoms in total. The van der Waals surface area contributed by atoms with Gasteiger partial charge in [0.05, 0.1) is 11.1 Å². The van der Waals surface area contributed by atoms with Crippen LogP contribution in [0.5, 0.6) is 5.75 Å². The summed E-state index contributed by atoms with van der Waals surface area (Å²) in [4.78, 5) is 24.5. The number of amides is 1. The number of rotatable bonds is 5. The Morgan fingerprint density at radius 3 is 2.82 bits per heavy atom. The lowest BCUT2D eigenvalue weighted by Gasteiger charge is -2.21. The summed E-state index contributed by atoms with van der Waals surface area (Å²) in [5, 5.41) is 9.03. The number of likely N-dealkylation sites (tertiary alicyclic amines) is 1. The fourth-order valence-electron chi connectivity index (χ4n) is 2.27. The fraction of sp³-hybridized carbons (Fsp3) is 0.429. The number of halogens is 2. The average molecular weight is 332 g/mol. The van der Waals surface area contributed by atoms with Gasteiger partial charge < -0.3 is 19.5 Å². The third-order valence-electron chi connectivity index (χ3n) is 3.45. The van der Waals surface area contributed by atoms with Gasteiger partial charge in [-0.05, 0) is 12.1 Å². The third kappa shape index (κ3) is 3.66. The summed E-state index contributed by atoms with van der Waals surface area (Å²) in [7, 11) is 1.47. The summed E-state index contributed by atoms with van der Waals surface area (Å²) >= 11 is 5.61. The number of aliphatic carboxylic acids is 1. The predicted octanol–water partition coefficient (Wildman–Crippen LogP) is 1.56. The van der Waals surface area contributed by atoms with Crippen molar-refractivity contribution in [3.8, 4) is 5.75 Å². The molecule has 1 amide bonds. The summed E-state index contributed by atoms with van der Waals surface area (Å²) in [6, 6.07) is 2.78. The molecule has 1 aromatic carbocycles. The zero-order valence-electron chi connectivity index (χ0n) is 11.8. The van der Waals surface area contributed by atoms with E-state index in [0.717, 1.165) is 6.07 Å². The summed E-state index contributed by atoms with van der Waals surface area (Å²) in [6.07, 6.45) is -0.0785. The number of carbonyl (C=O) groups excluding carboxylic acids is 1. The molecule has 8 heteroatoms. The molecule has 1 aliphatic rings. The minimum Gasteiger partial charge on any atom is -0.484 e. The van der Waals surface area contributed by atoms with Crippen LogP contribution in [0.3, 0.4) is 0 Å². The Morgan fingerprint density at radius 1 is 1.50 bits per heavy atom. The molecule has 1 aliphatic heterocycles. The second kappa shape index (κ2) is 6.93. The maximum atomic E-state index is 13.0. The van der Waals surface area contributed by atoms with E-state index in [1.165, 1.54) is 24.1 Å². The first-order chi connectivity index (χ1) is 10.4. The van der Waals surface area contributed by atoms with E-state index >= 15 is 0 Å². The van der Waals surface area contributed by atoms with Gasteiger partial charge in [-0.25, -0.2) is 9.18 Å². The van der Waals surface area contributed by atoms with E-state index in [-0.39, 0.29) is 36.4 Å². The summed E-state index contributed by atoms with van der Waals surface area (Å²) in [6.45, 7) is -0.165. The van der Waals surface area contributed by atoms with Crippen LogP contribution in [0, 0.1) is 5.82 Å². The SMILES string of the molecule is COC1CC(C(=O)O)N(C(=O)COc2ccc(F)c(Cl)c2)C1. The minimum atomic E-state index is -1.09. The molecule has 2 atom stereocenters. The Balaban J connectivity index is 1.98. The normalized spacial score (nSPS) is 21.0. The molecule has 2 unspecified atom stereocenters. The molecule has 2 rings (SSSR count). The van der Waals surface area contributed by atoms with E-state index in [9.17, 15) is 14.0 Å². The molecule has 0 radical (unpaired) electrons. The molecule has 1 fully saturated rings. The Morgan fingerprint density at radius 2 is 2.23 bits per heavy atom. The molecule has 0 aliphatic carbocycles. The molecular formula is C14H15ClFNO5. The van der Waals surface area contributed by atoms with Gasteiger partial charge in [0, 0.05) is 26.1 Å². The molecule has 0 bridgehead atoms. The van der Waals surface area contributed by atoms with E-state index < -0.39 is 23.7 Å². The van der Waals surface area contributed by atoms with E-state index in [2.05, 4.69) is 0 Å². The molecule has 0 aromatic heterocycles. The van der Waals surface area contributed by atoms with Gasteiger partial charge in [-0.3, -0.25) is 4.79 Å². The quantitative estimate of drug-likeness (QED) is 0.886. The standard InChI is InChI=1S/C14H15ClFNO5/c1-21-9-5-12(14(19)20)17(6-9)13(18)7-22-8-2-3-11(16)10(15)4-8/h2-4,9,12H,5-7H2,1H3,(H,19,20). The van der Waals surface area contributed by atoms with Gasteiger partial charge in [-0.15, -0.1) is 0 Å². The van der Waals surface area contributed by atoms with E-state index in [1.54, 1.807) is 0 Å². The van der Waals surface area contributed by atoms with Crippen LogP contribution in [0.2, 0.25) is 5.02 Å². The van der Waals surface area contributed by atoms with Crippen molar-refractivity contribution in [1.29, 1.82) is 0 Å². The number of hydrogen-bond acceptors (Lipinski definition) is 4. The molecule has 0 saturated carbocycles. The smallest absolute Gasteiger partial charge is 0.326 e. The lowest BCUT2D eigenvalue weighted by molar-refractivity contribution is -0.148. The summed E-state index contributed by atoms with van der Waals surface area (Å²) < 4.78 is 23.4. The van der Waals surface area contributed by atoms with Crippen molar-refractivity contribution in [1.82, 2.24) is 4.90 Å². The second-order valence-corrected chi connectivity index (χ2v) is 5.27. The zero-order chi connectivity index (χ0) is 16.3. The van der Waals surface area contributed by atoms with Crippen LogP contribution in [0.25, 0.3) is 0 Å². The van der Waals surface area contributed by atoms with Gasteiger partial charge in [0.15, 0.2) is 6.61 Å². The number of methoxy groups -OCH3 is 1. The molecule has 0 spiro atoms. The Bertz CT molecular complexity index is 582. The first-order valence-electron chi connectivity index (χ1n) is 6.55. The van der Waals surface area contributed by atoms with E-state index in [4.69, 9.17) is 26.2 Å². The number of carboxylic acids is 1. The average Bonchev–Trinajstić information content (AvgIpc) is 2.93. The van der Waals surface area contributed by atoms with Crippen molar-refractivity contribution in [2.75, 3.05) is 20.3 Å². The molecule has 22 heavy (non-hydrogen) atoms. The van der Waals surface area contributed by atoms with Crippen molar-refractivity contribution in [3.05, 3.63) is 29.0 Å². The minimum absolute atomic E-state index is 0.117. The van der Waals surface area contributed by atoms with Crippen LogP contribution in [0.1, 0.15) is 6.42 Å². The fourth-order valence-corrected chi connectivity index (χ4v) is 2.44. The highest BCUT2D eigenvalue weighted by atomic mass is 35.5. The van der Waals surface area contributed by atoms with Gasteiger partial charge in [0.1, 0.15) is 17.6 Å². The maximum absolute atomic E-state index is 13.0. The first kappa shape index (κ1) is 16.5. The topological polar surface area (TPSA) is 76.1 Å². The first-order valence-corrected chi connectivity index (χ1v) is 6.93. The molecule has 1 heterocycles. The molecule has 1 aromatic rings. The van der Waals surface area contributed by atoms with Crippen LogP contribution in [-0.4, -0.2) is 54.3 Å². The van der Waals surface area contributed by atoms with Crippen molar-refractivity contribution < 1.29 is 28.6 Å². The van der Waals surface area contributed by atoms with Gasteiger partial charge in [-0.1, -0.05) is 11.6 Å². The molecule has 1 N–H and O–H groups in total. The highest BCUT2D eigenvalue weighted by molar-refractivity contribution is 6.30. The highest BCUT2D eigenvalue weighted by Gasteiger charge is 2.39. The molecular weight excluding hydrogens is 317 g/mol. The molecule has 120 valence electrons. The predicted molar refractivity (Wildman–Crippen MR) is 75.5 cm³/mol. The van der Waals surface area contributed by atoms with Crippen LogP contribution >= 0.6 is 11.6 Å². The number of carbonyl (C=O) groups is 2. The monoisotopic (exact) mass is 331 g/mol. The number of hydrogen-bond donors (Lipinski definition) is 1. The van der Waals surface area contributed by atoms with Crippen LogP contribution in [0.15, 0.2) is 18.2 Å². The second-order valence-electron chi connectivity index (χ2n) is 4.86. The number of ether oxygens (including phenoxy) is 2. The van der Waals surface area contributed by atoms with Gasteiger partial charge in [0.2, 0.25) is 0 Å². The van der Waals surface area contributed by atoms with Crippen molar-refractivity contribution in [3.63, 3.8) is 0 Å².